The highest BCUT2D eigenvalue weighted by molar-refractivity contribution is 4.98. The molecule has 0 N–H and O–H groups in total. The zero-order valence-corrected chi connectivity index (χ0v) is 16.9. The third-order valence-corrected chi connectivity index (χ3v) is 8.17. The van der Waals surface area contributed by atoms with Gasteiger partial charge in [0.25, 0.3) is 0 Å². The van der Waals surface area contributed by atoms with E-state index in [1.807, 2.05) is 0 Å². The van der Waals surface area contributed by atoms with Gasteiger partial charge in [0, 0.05) is 32.7 Å². The fourth-order valence-electron chi connectivity index (χ4n) is 6.88. The highest BCUT2D eigenvalue weighted by Gasteiger charge is 2.46. The predicted molar refractivity (Wildman–Crippen MR) is 102 cm³/mol. The van der Waals surface area contributed by atoms with Crippen molar-refractivity contribution in [2.24, 2.45) is 40.4 Å². The lowest BCUT2D eigenvalue weighted by Crippen LogP contribution is -2.43. The van der Waals surface area contributed by atoms with Crippen molar-refractivity contribution in [1.82, 2.24) is 9.80 Å². The molecule has 7 atom stereocenters. The summed E-state index contributed by atoms with van der Waals surface area (Å²) < 4.78 is 0. The maximum absolute atomic E-state index is 2.80. The van der Waals surface area contributed by atoms with Crippen LogP contribution in [-0.2, 0) is 0 Å². The average molecular weight is 333 g/mol. The molecule has 2 heteroatoms. The number of hydrogen-bond donors (Lipinski definition) is 0. The summed E-state index contributed by atoms with van der Waals surface area (Å²) in [6, 6.07) is 0. The summed E-state index contributed by atoms with van der Waals surface area (Å²) in [5.74, 6) is 4.78. The number of hydrogen-bond acceptors (Lipinski definition) is 2. The number of nitrogens with zero attached hydrogens (tertiary/aromatic N) is 2. The fraction of sp³-hybridized carbons (Fsp3) is 1.00. The van der Waals surface area contributed by atoms with Crippen LogP contribution in [0.3, 0.4) is 0 Å². The highest BCUT2D eigenvalue weighted by Crippen LogP contribution is 2.48. The van der Waals surface area contributed by atoms with Crippen LogP contribution in [0.2, 0.25) is 0 Å². The van der Waals surface area contributed by atoms with Crippen molar-refractivity contribution in [2.45, 2.75) is 60.3 Å². The Morgan fingerprint density at radius 3 is 2.33 bits per heavy atom. The van der Waals surface area contributed by atoms with Gasteiger partial charge in [-0.2, -0.15) is 0 Å². The van der Waals surface area contributed by atoms with Crippen LogP contribution >= 0.6 is 0 Å². The molecule has 4 bridgehead atoms. The second-order valence-corrected chi connectivity index (χ2v) is 11.6. The van der Waals surface area contributed by atoms with Crippen LogP contribution in [-0.4, -0.2) is 49.1 Å². The van der Waals surface area contributed by atoms with Crippen molar-refractivity contribution >= 4 is 0 Å². The SMILES string of the molecule is CC(C)(C)C1CN2CC(CC(C)(C)C3CC4CCN(C4)C3)CC1C2. The molecule has 24 heavy (non-hydrogen) atoms. The van der Waals surface area contributed by atoms with E-state index in [4.69, 9.17) is 0 Å². The second-order valence-electron chi connectivity index (χ2n) is 11.6. The zero-order valence-electron chi connectivity index (χ0n) is 16.9. The Kier molecular flexibility index (Phi) is 4.32. The van der Waals surface area contributed by atoms with Crippen molar-refractivity contribution in [3.8, 4) is 0 Å². The summed E-state index contributed by atoms with van der Waals surface area (Å²) >= 11 is 0. The maximum Gasteiger partial charge on any atom is 0.00180 e. The summed E-state index contributed by atoms with van der Waals surface area (Å²) in [6.45, 7) is 20.9. The molecular weight excluding hydrogens is 292 g/mol. The third kappa shape index (κ3) is 3.30. The molecule has 4 heterocycles. The lowest BCUT2D eigenvalue weighted by molar-refractivity contribution is 0.0571. The van der Waals surface area contributed by atoms with Gasteiger partial charge >= 0.3 is 0 Å². The minimum Gasteiger partial charge on any atom is -0.303 e. The molecule has 0 aromatic heterocycles. The predicted octanol–water partition coefficient (Wildman–Crippen LogP) is 4.36. The first kappa shape index (κ1) is 17.3. The first-order chi connectivity index (χ1) is 11.2. The van der Waals surface area contributed by atoms with Crippen LogP contribution in [0.1, 0.15) is 60.3 Å². The van der Waals surface area contributed by atoms with E-state index in [9.17, 15) is 0 Å². The van der Waals surface area contributed by atoms with Crippen molar-refractivity contribution in [2.75, 3.05) is 39.3 Å². The van der Waals surface area contributed by atoms with Crippen molar-refractivity contribution in [3.05, 3.63) is 0 Å². The Balaban J connectivity index is 1.39. The minimum atomic E-state index is 0.486. The van der Waals surface area contributed by atoms with E-state index in [-0.39, 0.29) is 0 Å². The first-order valence-corrected chi connectivity index (χ1v) is 10.7. The van der Waals surface area contributed by atoms with E-state index < -0.39 is 0 Å². The highest BCUT2D eigenvalue weighted by atomic mass is 15.2. The molecule has 0 spiro atoms. The fourth-order valence-corrected chi connectivity index (χ4v) is 6.88. The molecule has 4 aliphatic rings. The molecule has 4 aliphatic heterocycles. The number of fused-ring (bicyclic) bond motifs is 4. The zero-order chi connectivity index (χ0) is 17.1. The van der Waals surface area contributed by atoms with Crippen LogP contribution in [0.5, 0.6) is 0 Å². The van der Waals surface area contributed by atoms with Crippen molar-refractivity contribution < 1.29 is 0 Å². The average Bonchev–Trinajstić information content (AvgIpc) is 2.96. The van der Waals surface area contributed by atoms with E-state index in [0.29, 0.717) is 10.8 Å². The summed E-state index contributed by atoms with van der Waals surface area (Å²) in [5, 5.41) is 0. The van der Waals surface area contributed by atoms with E-state index in [1.165, 1.54) is 65.0 Å². The first-order valence-electron chi connectivity index (χ1n) is 10.7. The molecule has 7 unspecified atom stereocenters. The van der Waals surface area contributed by atoms with Crippen LogP contribution in [0.4, 0.5) is 0 Å². The van der Waals surface area contributed by atoms with Gasteiger partial charge in [-0.3, -0.25) is 0 Å². The van der Waals surface area contributed by atoms with Crippen LogP contribution < -0.4 is 0 Å². The van der Waals surface area contributed by atoms with Gasteiger partial charge in [0.1, 0.15) is 0 Å². The quantitative estimate of drug-likeness (QED) is 0.758. The Labute approximate surface area is 150 Å². The summed E-state index contributed by atoms with van der Waals surface area (Å²) in [4.78, 5) is 5.56. The minimum absolute atomic E-state index is 0.486. The molecule has 0 radical (unpaired) electrons. The van der Waals surface area contributed by atoms with E-state index >= 15 is 0 Å². The largest absolute Gasteiger partial charge is 0.303 e. The Bertz CT molecular complexity index is 451. The molecule has 0 aromatic carbocycles. The van der Waals surface area contributed by atoms with E-state index in [0.717, 1.165) is 29.6 Å². The van der Waals surface area contributed by atoms with Gasteiger partial charge in [0.05, 0.1) is 0 Å². The van der Waals surface area contributed by atoms with E-state index in [1.54, 1.807) is 0 Å². The maximum atomic E-state index is 2.80. The number of rotatable bonds is 3. The standard InChI is InChI=1S/C22H40N2/c1-21(2,3)20-15-24-12-17(8-18(20)13-24)10-22(4,5)19-9-16-6-7-23(11-16)14-19/h16-20H,6-15H2,1-5H3. The normalized spacial score (nSPS) is 45.6. The van der Waals surface area contributed by atoms with Crippen molar-refractivity contribution in [1.29, 1.82) is 0 Å². The summed E-state index contributed by atoms with van der Waals surface area (Å²) in [6.07, 6.45) is 5.94. The van der Waals surface area contributed by atoms with Gasteiger partial charge in [-0.1, -0.05) is 34.6 Å². The molecule has 4 fully saturated rings. The molecule has 0 aromatic rings. The second kappa shape index (κ2) is 5.98. The van der Waals surface area contributed by atoms with Crippen LogP contribution in [0, 0.1) is 40.4 Å². The molecule has 0 saturated carbocycles. The van der Waals surface area contributed by atoms with Gasteiger partial charge in [-0.15, -0.1) is 0 Å². The topological polar surface area (TPSA) is 6.48 Å². The molecule has 138 valence electrons. The number of piperidine rings is 2. The van der Waals surface area contributed by atoms with Gasteiger partial charge in [-0.25, -0.2) is 0 Å². The lowest BCUT2D eigenvalue weighted by Gasteiger charge is -2.44. The molecule has 2 nitrogen and oxygen atoms in total. The monoisotopic (exact) mass is 332 g/mol. The molecular formula is C22H40N2. The molecule has 0 amide bonds. The van der Waals surface area contributed by atoms with Gasteiger partial charge in [0.15, 0.2) is 0 Å². The van der Waals surface area contributed by atoms with Gasteiger partial charge < -0.3 is 9.80 Å². The Morgan fingerprint density at radius 1 is 0.833 bits per heavy atom. The molecule has 4 rings (SSSR count). The Morgan fingerprint density at radius 2 is 1.62 bits per heavy atom. The summed E-state index contributed by atoms with van der Waals surface area (Å²) in [7, 11) is 0. The Hall–Kier alpha value is -0.0800. The van der Waals surface area contributed by atoms with Crippen LogP contribution in [0.25, 0.3) is 0 Å². The van der Waals surface area contributed by atoms with E-state index in [2.05, 4.69) is 44.4 Å². The van der Waals surface area contributed by atoms with Gasteiger partial charge in [-0.05, 0) is 72.6 Å². The lowest BCUT2D eigenvalue weighted by atomic mass is 9.66. The van der Waals surface area contributed by atoms with Crippen LogP contribution in [0.15, 0.2) is 0 Å². The summed E-state index contributed by atoms with van der Waals surface area (Å²) in [5.41, 5.74) is 1.01. The molecule has 0 aliphatic carbocycles. The smallest absolute Gasteiger partial charge is 0.00180 e. The van der Waals surface area contributed by atoms with Gasteiger partial charge in [0.2, 0.25) is 0 Å². The van der Waals surface area contributed by atoms with Crippen molar-refractivity contribution in [3.63, 3.8) is 0 Å². The molecule has 4 saturated heterocycles. The third-order valence-electron chi connectivity index (χ3n) is 8.17.